The van der Waals surface area contributed by atoms with E-state index in [2.05, 4.69) is 5.32 Å². The van der Waals surface area contributed by atoms with Gasteiger partial charge in [-0.25, -0.2) is 4.99 Å². The fourth-order valence-electron chi connectivity index (χ4n) is 4.73. The molecule has 1 aliphatic heterocycles. The van der Waals surface area contributed by atoms with E-state index in [4.69, 9.17) is 70.7 Å². The van der Waals surface area contributed by atoms with Crippen LogP contribution in [0.2, 0.25) is 20.1 Å². The van der Waals surface area contributed by atoms with Crippen molar-refractivity contribution < 1.29 is 28.9 Å². The first-order valence-corrected chi connectivity index (χ1v) is 15.8. The van der Waals surface area contributed by atoms with Gasteiger partial charge in [0.15, 0.2) is 11.6 Å². The van der Waals surface area contributed by atoms with Crippen molar-refractivity contribution in [2.75, 3.05) is 13.2 Å². The van der Waals surface area contributed by atoms with Crippen molar-refractivity contribution >= 4 is 64.2 Å². The third-order valence-electron chi connectivity index (χ3n) is 6.84. The third-order valence-corrected chi connectivity index (χ3v) is 8.14. The first-order valence-electron chi connectivity index (χ1n) is 14.3. The van der Waals surface area contributed by atoms with Crippen LogP contribution in [0.25, 0.3) is 0 Å². The molecule has 45 heavy (non-hydrogen) atoms. The lowest BCUT2D eigenvalue weighted by Crippen LogP contribution is -2.48. The third kappa shape index (κ3) is 9.05. The van der Waals surface area contributed by atoms with E-state index in [1.54, 1.807) is 81.4 Å². The van der Waals surface area contributed by atoms with Crippen LogP contribution < -0.4 is 10.1 Å². The lowest BCUT2D eigenvalue weighted by Gasteiger charge is -2.31. The maximum atomic E-state index is 14.3. The molecule has 240 valence electrons. The summed E-state index contributed by atoms with van der Waals surface area (Å²) in [6, 6.07) is 16.9. The number of carbonyl (C=O) groups excluding carboxylic acids is 2. The Hall–Kier alpha value is -3.01. The minimum atomic E-state index is -1.63. The molecule has 0 aromatic heterocycles. The fourth-order valence-corrected chi connectivity index (χ4v) is 5.56. The molecule has 0 saturated heterocycles. The molecule has 0 radical (unpaired) electrons. The minimum absolute atomic E-state index is 0.0237. The van der Waals surface area contributed by atoms with Crippen molar-refractivity contribution in [1.29, 1.82) is 0 Å². The monoisotopic (exact) mass is 694 g/mol. The molecule has 3 aromatic carbocycles. The van der Waals surface area contributed by atoms with Gasteiger partial charge < -0.3 is 24.6 Å². The first-order chi connectivity index (χ1) is 21.3. The largest absolute Gasteiger partial charge is 0.494 e. The molecule has 0 fully saturated rings. The van der Waals surface area contributed by atoms with Crippen LogP contribution in [0.15, 0.2) is 65.7 Å². The molecule has 1 aliphatic rings. The Kier molecular flexibility index (Phi) is 11.7. The van der Waals surface area contributed by atoms with Crippen LogP contribution in [0.3, 0.4) is 0 Å². The number of amides is 1. The Bertz CT molecular complexity index is 1560. The smallest absolute Gasteiger partial charge is 0.306 e. The molecule has 2 atom stereocenters. The van der Waals surface area contributed by atoms with Crippen LogP contribution in [0.4, 0.5) is 0 Å². The molecule has 4 rings (SSSR count). The topological polar surface area (TPSA) is 106 Å². The summed E-state index contributed by atoms with van der Waals surface area (Å²) in [5.41, 5.74) is -0.591. The maximum Gasteiger partial charge on any atom is 0.306 e. The number of aliphatic hydroxyl groups excluding tert-OH is 1. The van der Waals surface area contributed by atoms with Crippen molar-refractivity contribution in [2.45, 2.75) is 63.8 Å². The number of carbonyl (C=O) groups is 2. The summed E-state index contributed by atoms with van der Waals surface area (Å²) in [4.78, 5) is 32.1. The lowest BCUT2D eigenvalue weighted by atomic mass is 9.83. The van der Waals surface area contributed by atoms with E-state index in [0.29, 0.717) is 50.5 Å². The van der Waals surface area contributed by atoms with Gasteiger partial charge in [0.2, 0.25) is 5.90 Å². The second-order valence-corrected chi connectivity index (χ2v) is 13.1. The van der Waals surface area contributed by atoms with Gasteiger partial charge in [-0.2, -0.15) is 0 Å². The van der Waals surface area contributed by atoms with Crippen molar-refractivity contribution in [1.82, 2.24) is 5.32 Å². The van der Waals surface area contributed by atoms with Gasteiger partial charge in [-0.05, 0) is 81.3 Å². The van der Waals surface area contributed by atoms with Crippen LogP contribution in [-0.4, -0.2) is 47.2 Å². The van der Waals surface area contributed by atoms with Gasteiger partial charge in [-0.15, -0.1) is 0 Å². The van der Waals surface area contributed by atoms with Crippen molar-refractivity contribution in [3.8, 4) is 5.75 Å². The number of halogens is 4. The molecule has 1 heterocycles. The highest BCUT2D eigenvalue weighted by Crippen LogP contribution is 2.46. The molecule has 1 amide bonds. The number of esters is 1. The number of rotatable bonds is 12. The van der Waals surface area contributed by atoms with E-state index >= 15 is 0 Å². The van der Waals surface area contributed by atoms with Gasteiger partial charge in [0.25, 0.3) is 5.91 Å². The van der Waals surface area contributed by atoms with Gasteiger partial charge in [0.05, 0.1) is 16.7 Å². The molecular formula is C33H34Cl4N2O6. The maximum absolute atomic E-state index is 14.3. The number of benzene rings is 3. The highest BCUT2D eigenvalue weighted by Gasteiger charge is 2.54. The van der Waals surface area contributed by atoms with E-state index < -0.39 is 29.1 Å². The Balaban J connectivity index is 1.75. The Morgan fingerprint density at radius 1 is 0.978 bits per heavy atom. The summed E-state index contributed by atoms with van der Waals surface area (Å²) >= 11 is 25.2. The fraction of sp³-hybridized carbons (Fsp3) is 0.364. The minimum Gasteiger partial charge on any atom is -0.494 e. The molecule has 0 spiro atoms. The molecular weight excluding hydrogens is 662 g/mol. The Morgan fingerprint density at radius 3 is 2.36 bits per heavy atom. The lowest BCUT2D eigenvalue weighted by molar-refractivity contribution is -0.155. The summed E-state index contributed by atoms with van der Waals surface area (Å²) < 4.78 is 17.7. The average Bonchev–Trinajstić information content (AvgIpc) is 3.37. The number of nitrogens with zero attached hydrogens (tertiary/aromatic N) is 1. The van der Waals surface area contributed by atoms with E-state index in [1.165, 1.54) is 0 Å². The van der Waals surface area contributed by atoms with E-state index in [1.807, 2.05) is 0 Å². The quantitative estimate of drug-likeness (QED) is 0.148. The molecule has 2 N–H and O–H groups in total. The number of ether oxygens (including phenoxy) is 3. The van der Waals surface area contributed by atoms with Crippen LogP contribution >= 0.6 is 46.4 Å². The van der Waals surface area contributed by atoms with Gasteiger partial charge in [0, 0.05) is 47.2 Å². The summed E-state index contributed by atoms with van der Waals surface area (Å²) in [6.45, 7) is 5.80. The molecule has 0 aliphatic carbocycles. The van der Waals surface area contributed by atoms with Crippen LogP contribution in [-0.2, 0) is 25.6 Å². The summed E-state index contributed by atoms with van der Waals surface area (Å²) in [6.07, 6.45) is -0.700. The van der Waals surface area contributed by atoms with E-state index in [9.17, 15) is 9.59 Å². The molecule has 0 saturated carbocycles. The van der Waals surface area contributed by atoms with Crippen molar-refractivity contribution in [3.05, 3.63) is 97.4 Å². The summed E-state index contributed by atoms with van der Waals surface area (Å²) in [5, 5.41) is 13.4. The van der Waals surface area contributed by atoms with Gasteiger partial charge in [-0.1, -0.05) is 58.5 Å². The Labute approximate surface area is 282 Å². The second-order valence-electron chi connectivity index (χ2n) is 11.5. The molecule has 3 aromatic rings. The number of hydrogen-bond donors (Lipinski definition) is 2. The van der Waals surface area contributed by atoms with Gasteiger partial charge >= 0.3 is 5.97 Å². The predicted molar refractivity (Wildman–Crippen MR) is 177 cm³/mol. The predicted octanol–water partition coefficient (Wildman–Crippen LogP) is 7.76. The first kappa shape index (κ1) is 34.9. The SMILES string of the molecule is CC(C)(C)OC(=O)CC[C@@]1(C(=O)NCc2ccc(Cl)c(Cl)c2)N=C(c2ccc(OCCCO)cc2)O[C@@H]1c1ccc(Cl)cc1Cl. The molecule has 12 heteroatoms. The number of nitrogens with one attached hydrogen (secondary N) is 1. The summed E-state index contributed by atoms with van der Waals surface area (Å²) in [7, 11) is 0. The number of aliphatic imine (C=N–C) groups is 1. The van der Waals surface area contributed by atoms with Gasteiger partial charge in [0.1, 0.15) is 11.4 Å². The van der Waals surface area contributed by atoms with Gasteiger partial charge in [-0.3, -0.25) is 9.59 Å². The molecule has 0 bridgehead atoms. The van der Waals surface area contributed by atoms with E-state index in [-0.39, 0.29) is 36.9 Å². The summed E-state index contributed by atoms with van der Waals surface area (Å²) in [5.74, 6) is -0.208. The zero-order chi connectivity index (χ0) is 32.8. The van der Waals surface area contributed by atoms with E-state index in [0.717, 1.165) is 0 Å². The average molecular weight is 696 g/mol. The van der Waals surface area contributed by atoms with Crippen molar-refractivity contribution in [3.63, 3.8) is 0 Å². The van der Waals surface area contributed by atoms with Crippen molar-refractivity contribution in [2.24, 2.45) is 4.99 Å². The number of hydrogen-bond acceptors (Lipinski definition) is 7. The highest BCUT2D eigenvalue weighted by atomic mass is 35.5. The van der Waals surface area contributed by atoms with Crippen LogP contribution in [0.1, 0.15) is 62.8 Å². The second kappa shape index (κ2) is 15.1. The normalized spacial score (nSPS) is 17.8. The van der Waals surface area contributed by atoms with Crippen LogP contribution in [0, 0.1) is 0 Å². The zero-order valence-corrected chi connectivity index (χ0v) is 28.1. The molecule has 0 unspecified atom stereocenters. The standard InChI is InChI=1S/C33H34Cl4N2O6/c1-32(2,3)45-28(41)13-14-33(31(42)38-19-20-5-12-25(35)27(37)17-20)29(24-11-8-22(34)18-26(24)36)44-30(39-33)21-6-9-23(10-7-21)43-16-4-15-40/h5-12,17-18,29,40H,4,13-16,19H2,1-3H3,(H,38,42)/t29-,33-/m1/s1. The highest BCUT2D eigenvalue weighted by molar-refractivity contribution is 6.42. The number of aliphatic hydroxyl groups is 1. The zero-order valence-electron chi connectivity index (χ0n) is 25.0. The Morgan fingerprint density at radius 2 is 1.71 bits per heavy atom. The molecule has 8 nitrogen and oxygen atoms in total. The van der Waals surface area contributed by atoms with Crippen LogP contribution in [0.5, 0.6) is 5.75 Å².